The van der Waals surface area contributed by atoms with Crippen molar-refractivity contribution >= 4 is 23.2 Å². The predicted octanol–water partition coefficient (Wildman–Crippen LogP) is 2.92. The van der Waals surface area contributed by atoms with E-state index >= 15 is 0 Å². The molecule has 1 fully saturated rings. The zero-order valence-corrected chi connectivity index (χ0v) is 13.8. The molecule has 0 aliphatic carbocycles. The van der Waals surface area contributed by atoms with Crippen LogP contribution in [0.15, 0.2) is 12.1 Å². The molecule has 1 aromatic carbocycles. The van der Waals surface area contributed by atoms with Crippen LogP contribution in [0.4, 0.5) is 26.2 Å². The van der Waals surface area contributed by atoms with Crippen LogP contribution in [-0.4, -0.2) is 42.9 Å². The number of carbonyl (C=O) groups excluding carboxylic acids is 1. The summed E-state index contributed by atoms with van der Waals surface area (Å²) in [5.41, 5.74) is -1.23. The number of hydrogen-bond donors (Lipinski definition) is 1. The third-order valence-corrected chi connectivity index (χ3v) is 3.25. The lowest BCUT2D eigenvalue weighted by Gasteiger charge is -2.29. The van der Waals surface area contributed by atoms with Crippen LogP contribution in [0.25, 0.3) is 0 Å². The van der Waals surface area contributed by atoms with E-state index in [9.17, 15) is 19.3 Å². The number of carbonyl (C=O) groups is 1. The first kappa shape index (κ1) is 17.9. The van der Waals surface area contributed by atoms with Crippen molar-refractivity contribution in [3.8, 4) is 0 Å². The second-order valence-electron chi connectivity index (χ2n) is 6.30. The summed E-state index contributed by atoms with van der Waals surface area (Å²) in [6, 6.07) is 2.06. The molecule has 1 aliphatic heterocycles. The summed E-state index contributed by atoms with van der Waals surface area (Å²) in [7, 11) is 0. The average molecular weight is 341 g/mol. The van der Waals surface area contributed by atoms with Crippen LogP contribution in [-0.2, 0) is 9.47 Å². The van der Waals surface area contributed by atoms with Crippen LogP contribution in [0.2, 0.25) is 0 Å². The Kier molecular flexibility index (Phi) is 5.23. The van der Waals surface area contributed by atoms with Gasteiger partial charge in [-0.2, -0.15) is 0 Å². The van der Waals surface area contributed by atoms with Gasteiger partial charge in [-0.25, -0.2) is 9.18 Å². The molecule has 1 aliphatic rings. The van der Waals surface area contributed by atoms with Gasteiger partial charge in [0, 0.05) is 13.1 Å². The fourth-order valence-electron chi connectivity index (χ4n) is 2.26. The normalized spacial score (nSPS) is 15.1. The van der Waals surface area contributed by atoms with Gasteiger partial charge in [0.2, 0.25) is 0 Å². The molecule has 1 N–H and O–H groups in total. The van der Waals surface area contributed by atoms with E-state index < -0.39 is 28.1 Å². The van der Waals surface area contributed by atoms with E-state index in [-0.39, 0.29) is 11.4 Å². The maximum absolute atomic E-state index is 14.3. The summed E-state index contributed by atoms with van der Waals surface area (Å²) < 4.78 is 24.6. The topological polar surface area (TPSA) is 93.9 Å². The van der Waals surface area contributed by atoms with Gasteiger partial charge in [0.25, 0.3) is 5.69 Å². The molecular formula is C15H20FN3O5. The van der Waals surface area contributed by atoms with E-state index in [1.54, 1.807) is 25.7 Å². The highest BCUT2D eigenvalue weighted by Gasteiger charge is 2.25. The van der Waals surface area contributed by atoms with Gasteiger partial charge < -0.3 is 14.4 Å². The van der Waals surface area contributed by atoms with Crippen molar-refractivity contribution in [2.24, 2.45) is 0 Å². The summed E-state index contributed by atoms with van der Waals surface area (Å²) in [5.74, 6) is -0.724. The standard InChI is InChI=1S/C15H20FN3O5/c1-15(2,3)24-14(20)17-11-9-12(18-4-6-23-7-5-18)10(16)8-13(11)19(21)22/h8-9H,4-7H2,1-3H3,(H,17,20). The minimum Gasteiger partial charge on any atom is -0.444 e. The molecule has 1 amide bonds. The highest BCUT2D eigenvalue weighted by molar-refractivity contribution is 5.89. The van der Waals surface area contributed by atoms with Crippen molar-refractivity contribution < 1.29 is 23.6 Å². The summed E-state index contributed by atoms with van der Waals surface area (Å²) in [6.07, 6.45) is -0.842. The zero-order chi connectivity index (χ0) is 17.9. The molecule has 0 unspecified atom stereocenters. The molecule has 1 aromatic rings. The number of hydrogen-bond acceptors (Lipinski definition) is 6. The van der Waals surface area contributed by atoms with Crippen LogP contribution in [0.5, 0.6) is 0 Å². The molecule has 0 saturated carbocycles. The zero-order valence-electron chi connectivity index (χ0n) is 13.8. The fraction of sp³-hybridized carbons (Fsp3) is 0.533. The smallest absolute Gasteiger partial charge is 0.412 e. The first-order chi connectivity index (χ1) is 11.2. The lowest BCUT2D eigenvalue weighted by atomic mass is 10.2. The molecule has 0 bridgehead atoms. The fourth-order valence-corrected chi connectivity index (χ4v) is 2.26. The highest BCUT2D eigenvalue weighted by atomic mass is 19.1. The van der Waals surface area contributed by atoms with Crippen molar-refractivity contribution in [1.29, 1.82) is 0 Å². The van der Waals surface area contributed by atoms with Crippen LogP contribution in [0.3, 0.4) is 0 Å². The maximum atomic E-state index is 14.3. The number of rotatable bonds is 3. The number of benzene rings is 1. The molecule has 8 nitrogen and oxygen atoms in total. The van der Waals surface area contributed by atoms with Crippen LogP contribution in [0, 0.1) is 15.9 Å². The first-order valence-electron chi connectivity index (χ1n) is 7.48. The second-order valence-corrected chi connectivity index (χ2v) is 6.30. The summed E-state index contributed by atoms with van der Waals surface area (Å²) in [5, 5.41) is 13.5. The Bertz CT molecular complexity index is 639. The van der Waals surface area contributed by atoms with Crippen molar-refractivity contribution in [2.45, 2.75) is 26.4 Å². The third kappa shape index (κ3) is 4.54. The summed E-state index contributed by atoms with van der Waals surface area (Å²) in [6.45, 7) is 6.80. The molecule has 0 aromatic heterocycles. The molecule has 1 heterocycles. The van der Waals surface area contributed by atoms with Crippen molar-refractivity contribution in [2.75, 3.05) is 36.5 Å². The van der Waals surface area contributed by atoms with E-state index in [0.717, 1.165) is 6.07 Å². The number of nitrogens with zero attached hydrogens (tertiary/aromatic N) is 2. The molecule has 132 valence electrons. The lowest BCUT2D eigenvalue weighted by Crippen LogP contribution is -2.36. The van der Waals surface area contributed by atoms with Gasteiger partial charge in [0.1, 0.15) is 11.3 Å². The number of nitrogens with one attached hydrogen (secondary N) is 1. The molecular weight excluding hydrogens is 321 g/mol. The molecule has 2 rings (SSSR count). The monoisotopic (exact) mass is 341 g/mol. The lowest BCUT2D eigenvalue weighted by molar-refractivity contribution is -0.384. The predicted molar refractivity (Wildman–Crippen MR) is 85.9 cm³/mol. The van der Waals surface area contributed by atoms with Gasteiger partial charge >= 0.3 is 6.09 Å². The van der Waals surface area contributed by atoms with Crippen molar-refractivity contribution in [1.82, 2.24) is 0 Å². The van der Waals surface area contributed by atoms with E-state index in [0.29, 0.717) is 26.3 Å². The molecule has 9 heteroatoms. The molecule has 0 radical (unpaired) electrons. The number of nitro groups is 1. The Morgan fingerprint density at radius 1 is 1.38 bits per heavy atom. The number of ether oxygens (including phenoxy) is 2. The Morgan fingerprint density at radius 2 is 2.00 bits per heavy atom. The Hall–Kier alpha value is -2.42. The van der Waals surface area contributed by atoms with E-state index in [4.69, 9.17) is 9.47 Å². The van der Waals surface area contributed by atoms with Gasteiger partial charge in [0.15, 0.2) is 5.82 Å². The third-order valence-electron chi connectivity index (χ3n) is 3.25. The second kappa shape index (κ2) is 7.00. The van der Waals surface area contributed by atoms with Crippen LogP contribution in [0.1, 0.15) is 20.8 Å². The summed E-state index contributed by atoms with van der Waals surface area (Å²) >= 11 is 0. The largest absolute Gasteiger partial charge is 0.444 e. The Labute approximate surface area is 138 Å². The quantitative estimate of drug-likeness (QED) is 0.671. The number of anilines is 2. The SMILES string of the molecule is CC(C)(C)OC(=O)Nc1cc(N2CCOCC2)c(F)cc1[N+](=O)[O-]. The van der Waals surface area contributed by atoms with Gasteiger partial charge in [-0.1, -0.05) is 0 Å². The van der Waals surface area contributed by atoms with Gasteiger partial charge in [0.05, 0.1) is 29.9 Å². The van der Waals surface area contributed by atoms with E-state index in [1.165, 1.54) is 6.07 Å². The minimum absolute atomic E-state index is 0.114. The van der Waals surface area contributed by atoms with E-state index in [1.807, 2.05) is 0 Å². The number of nitro benzene ring substituents is 1. The van der Waals surface area contributed by atoms with E-state index in [2.05, 4.69) is 5.32 Å². The maximum Gasteiger partial charge on any atom is 0.412 e. The summed E-state index contributed by atoms with van der Waals surface area (Å²) in [4.78, 5) is 24.0. The number of halogens is 1. The highest BCUT2D eigenvalue weighted by Crippen LogP contribution is 2.33. The van der Waals surface area contributed by atoms with Gasteiger partial charge in [-0.05, 0) is 26.8 Å². The van der Waals surface area contributed by atoms with Crippen LogP contribution < -0.4 is 10.2 Å². The van der Waals surface area contributed by atoms with Gasteiger partial charge in [-0.15, -0.1) is 0 Å². The molecule has 0 spiro atoms. The number of morpholine rings is 1. The van der Waals surface area contributed by atoms with Crippen molar-refractivity contribution in [3.05, 3.63) is 28.1 Å². The molecule has 24 heavy (non-hydrogen) atoms. The number of amides is 1. The first-order valence-corrected chi connectivity index (χ1v) is 7.48. The molecule has 1 saturated heterocycles. The van der Waals surface area contributed by atoms with Crippen LogP contribution >= 0.6 is 0 Å². The Balaban J connectivity index is 2.32. The average Bonchev–Trinajstić information content (AvgIpc) is 2.47. The van der Waals surface area contributed by atoms with Crippen molar-refractivity contribution in [3.63, 3.8) is 0 Å². The molecule has 0 atom stereocenters. The van der Waals surface area contributed by atoms with Gasteiger partial charge in [-0.3, -0.25) is 15.4 Å². The minimum atomic E-state index is -0.842. The Morgan fingerprint density at radius 3 is 2.54 bits per heavy atom.